The minimum Gasteiger partial charge on any atom is -0.461 e. The van der Waals surface area contributed by atoms with Gasteiger partial charge in [0.2, 0.25) is 5.91 Å². The number of nitrogens with zero attached hydrogens (tertiary/aromatic N) is 6. The summed E-state index contributed by atoms with van der Waals surface area (Å²) in [4.78, 5) is 32.8. The Bertz CT molecular complexity index is 2150. The lowest BCUT2D eigenvalue weighted by Gasteiger charge is -2.39. The minimum absolute atomic E-state index is 0.00906. The van der Waals surface area contributed by atoms with Gasteiger partial charge in [-0.2, -0.15) is 9.97 Å². The Labute approximate surface area is 308 Å². The number of carbonyl (C=O) groups excluding carboxylic acids is 1. The van der Waals surface area contributed by atoms with Crippen LogP contribution in [-0.2, 0) is 10.4 Å². The Hall–Kier alpha value is -4.70. The van der Waals surface area contributed by atoms with Gasteiger partial charge in [-0.3, -0.25) is 14.7 Å². The maximum atomic E-state index is 17.3. The third kappa shape index (κ3) is 6.49. The van der Waals surface area contributed by atoms with Crippen LogP contribution in [0.1, 0.15) is 70.4 Å². The number of ether oxygens (including phenoxy) is 1. The van der Waals surface area contributed by atoms with E-state index in [1.165, 1.54) is 23.2 Å². The van der Waals surface area contributed by atoms with E-state index < -0.39 is 28.9 Å². The number of hydrogen-bond acceptors (Lipinski definition) is 9. The lowest BCUT2D eigenvalue weighted by molar-refractivity contribution is -0.132. The van der Waals surface area contributed by atoms with Gasteiger partial charge in [0.05, 0.1) is 33.7 Å². The highest BCUT2D eigenvalue weighted by atomic mass is 19.1. The summed E-state index contributed by atoms with van der Waals surface area (Å²) in [6, 6.07) is 5.43. The molecule has 53 heavy (non-hydrogen) atoms. The van der Waals surface area contributed by atoms with E-state index >= 15 is 8.78 Å². The summed E-state index contributed by atoms with van der Waals surface area (Å²) in [6.45, 7) is 11.5. The standard InChI is InChI=1S/C41H46F2N6O4/c1-7-27-30(42)13-12-25-20-26(39(3,4)51)21-28(33(25)27)35-34(43)36-29(22-44-35)37(46-38(45-36)53-24-41-15-10-18-49(41)19-11-16-41)48-17-9-14-40(5,52)31(23-48)47(6)32(50)8-2/h1,8,12-13,20-22,31,51-52H,2,9-11,14-19,23-24H2,3-6H3. The maximum absolute atomic E-state index is 17.3. The van der Waals surface area contributed by atoms with Crippen LogP contribution in [0.3, 0.4) is 0 Å². The summed E-state index contributed by atoms with van der Waals surface area (Å²) < 4.78 is 38.9. The first-order valence-electron chi connectivity index (χ1n) is 18.2. The number of aliphatic hydroxyl groups is 2. The summed E-state index contributed by atoms with van der Waals surface area (Å²) in [5.41, 5.74) is -2.27. The Morgan fingerprint density at radius 3 is 2.57 bits per heavy atom. The molecule has 5 heterocycles. The monoisotopic (exact) mass is 724 g/mol. The largest absolute Gasteiger partial charge is 0.461 e. The summed E-state index contributed by atoms with van der Waals surface area (Å²) in [5, 5.41) is 23.7. The summed E-state index contributed by atoms with van der Waals surface area (Å²) in [6.07, 6.45) is 13.6. The van der Waals surface area contributed by atoms with Gasteiger partial charge < -0.3 is 24.7 Å². The van der Waals surface area contributed by atoms with Crippen LogP contribution in [0.5, 0.6) is 6.01 Å². The van der Waals surface area contributed by atoms with E-state index in [9.17, 15) is 15.0 Å². The van der Waals surface area contributed by atoms with E-state index in [1.54, 1.807) is 46.0 Å². The molecule has 2 aromatic carbocycles. The van der Waals surface area contributed by atoms with E-state index in [-0.39, 0.29) is 51.7 Å². The molecule has 10 nitrogen and oxygen atoms in total. The fourth-order valence-electron chi connectivity index (χ4n) is 8.62. The van der Waals surface area contributed by atoms with E-state index in [0.717, 1.165) is 38.8 Å². The molecule has 3 fully saturated rings. The molecule has 3 aliphatic rings. The van der Waals surface area contributed by atoms with Crippen LogP contribution in [0.15, 0.2) is 43.1 Å². The molecule has 0 saturated carbocycles. The highest BCUT2D eigenvalue weighted by Gasteiger charge is 2.45. The van der Waals surface area contributed by atoms with Crippen molar-refractivity contribution in [3.8, 4) is 29.6 Å². The number of halogens is 2. The van der Waals surface area contributed by atoms with Gasteiger partial charge in [-0.15, -0.1) is 6.42 Å². The van der Waals surface area contributed by atoms with Crippen LogP contribution < -0.4 is 9.64 Å². The molecule has 1 amide bonds. The Kier molecular flexibility index (Phi) is 9.41. The molecule has 0 bridgehead atoms. The zero-order valence-electron chi connectivity index (χ0n) is 30.8. The molecule has 278 valence electrons. The van der Waals surface area contributed by atoms with Crippen molar-refractivity contribution in [1.82, 2.24) is 24.8 Å². The van der Waals surface area contributed by atoms with Crippen molar-refractivity contribution < 1.29 is 28.5 Å². The van der Waals surface area contributed by atoms with Gasteiger partial charge >= 0.3 is 6.01 Å². The number of benzene rings is 2. The van der Waals surface area contributed by atoms with Crippen molar-refractivity contribution in [3.05, 3.63) is 65.9 Å². The number of amides is 1. The summed E-state index contributed by atoms with van der Waals surface area (Å²) in [5.74, 6) is 0.997. The number of pyridine rings is 1. The van der Waals surface area contributed by atoms with Gasteiger partial charge in [-0.05, 0) is 108 Å². The number of aromatic nitrogens is 3. The second-order valence-electron chi connectivity index (χ2n) is 15.5. The minimum atomic E-state index is -1.32. The fourth-order valence-corrected chi connectivity index (χ4v) is 8.62. The fraction of sp³-hybridized carbons (Fsp3) is 0.463. The molecule has 0 aliphatic carbocycles. The van der Waals surface area contributed by atoms with Crippen molar-refractivity contribution in [2.75, 3.05) is 44.7 Å². The first-order valence-corrected chi connectivity index (χ1v) is 18.2. The molecular formula is C41H46F2N6O4. The Morgan fingerprint density at radius 1 is 1.17 bits per heavy atom. The molecule has 2 aromatic heterocycles. The van der Waals surface area contributed by atoms with Crippen LogP contribution in [0, 0.1) is 24.0 Å². The third-order valence-corrected chi connectivity index (χ3v) is 11.6. The van der Waals surface area contributed by atoms with Gasteiger partial charge in [0.1, 0.15) is 29.5 Å². The molecule has 0 spiro atoms. The molecule has 3 saturated heterocycles. The average Bonchev–Trinajstić information content (AvgIpc) is 3.67. The number of anilines is 1. The van der Waals surface area contributed by atoms with Crippen LogP contribution in [0.2, 0.25) is 0 Å². The SMILES string of the molecule is C#Cc1c(F)ccc2cc(C(C)(C)O)cc(-c3ncc4c(N5CCCC(C)(O)C(N(C)C(=O)C=C)C5)nc(OCC56CCCN5CCC6)nc4c3F)c12. The first kappa shape index (κ1) is 36.6. The smallest absolute Gasteiger partial charge is 0.319 e. The third-order valence-electron chi connectivity index (χ3n) is 11.6. The predicted octanol–water partition coefficient (Wildman–Crippen LogP) is 5.70. The topological polar surface area (TPSA) is 115 Å². The zero-order chi connectivity index (χ0) is 37.9. The van der Waals surface area contributed by atoms with Crippen molar-refractivity contribution >= 4 is 33.4 Å². The molecule has 0 radical (unpaired) electrons. The molecular weight excluding hydrogens is 678 g/mol. The number of hydrogen-bond donors (Lipinski definition) is 2. The van der Waals surface area contributed by atoms with Crippen LogP contribution in [-0.4, -0.2) is 97.9 Å². The highest BCUT2D eigenvalue weighted by molar-refractivity contribution is 6.02. The van der Waals surface area contributed by atoms with Crippen LogP contribution >= 0.6 is 0 Å². The highest BCUT2D eigenvalue weighted by Crippen LogP contribution is 2.42. The quantitative estimate of drug-likeness (QED) is 0.175. The Morgan fingerprint density at radius 2 is 1.89 bits per heavy atom. The molecule has 3 aliphatic heterocycles. The van der Waals surface area contributed by atoms with Gasteiger partial charge in [-0.1, -0.05) is 18.6 Å². The van der Waals surface area contributed by atoms with Gasteiger partial charge in [0.25, 0.3) is 0 Å². The van der Waals surface area contributed by atoms with E-state index in [0.29, 0.717) is 48.1 Å². The van der Waals surface area contributed by atoms with E-state index in [4.69, 9.17) is 16.1 Å². The number of rotatable bonds is 8. The summed E-state index contributed by atoms with van der Waals surface area (Å²) in [7, 11) is 1.63. The molecule has 2 unspecified atom stereocenters. The van der Waals surface area contributed by atoms with Crippen molar-refractivity contribution in [1.29, 1.82) is 0 Å². The van der Waals surface area contributed by atoms with Gasteiger partial charge in [0.15, 0.2) is 5.82 Å². The molecule has 2 N–H and O–H groups in total. The van der Waals surface area contributed by atoms with Crippen molar-refractivity contribution in [2.45, 2.75) is 82.1 Å². The van der Waals surface area contributed by atoms with Gasteiger partial charge in [0, 0.05) is 37.3 Å². The average molecular weight is 725 g/mol. The molecule has 4 aromatic rings. The van der Waals surface area contributed by atoms with Crippen LogP contribution in [0.25, 0.3) is 32.9 Å². The van der Waals surface area contributed by atoms with E-state index in [1.807, 2.05) is 4.90 Å². The van der Waals surface area contributed by atoms with Crippen molar-refractivity contribution in [3.63, 3.8) is 0 Å². The van der Waals surface area contributed by atoms with Crippen LogP contribution in [0.4, 0.5) is 14.6 Å². The second kappa shape index (κ2) is 13.6. The lowest BCUT2D eigenvalue weighted by Crippen LogP contribution is -2.55. The first-order chi connectivity index (χ1) is 25.2. The normalized spacial score (nSPS) is 21.7. The van der Waals surface area contributed by atoms with Crippen molar-refractivity contribution in [2.24, 2.45) is 0 Å². The zero-order valence-corrected chi connectivity index (χ0v) is 30.8. The second-order valence-corrected chi connectivity index (χ2v) is 15.5. The molecule has 2 atom stereocenters. The number of carbonyl (C=O) groups is 1. The number of terminal acetylenes is 1. The van der Waals surface area contributed by atoms with E-state index in [2.05, 4.69) is 27.4 Å². The predicted molar refractivity (Wildman–Crippen MR) is 200 cm³/mol. The maximum Gasteiger partial charge on any atom is 0.319 e. The number of fused-ring (bicyclic) bond motifs is 3. The molecule has 7 rings (SSSR count). The Balaban J connectivity index is 1.42. The molecule has 12 heteroatoms. The number of likely N-dealkylation sites (N-methyl/N-ethyl adjacent to an activating group) is 1. The van der Waals surface area contributed by atoms with Gasteiger partial charge in [-0.25, -0.2) is 8.78 Å². The summed E-state index contributed by atoms with van der Waals surface area (Å²) >= 11 is 0. The lowest BCUT2D eigenvalue weighted by atomic mass is 9.89.